The molecular formula is C15H34N2. The van der Waals surface area contributed by atoms with Gasteiger partial charge in [-0.1, -0.05) is 51.9 Å². The van der Waals surface area contributed by atoms with Gasteiger partial charge < -0.3 is 11.5 Å². The SMILES string of the molecule is CC(CCCCCCCCCCN)C(C)(C)N. The van der Waals surface area contributed by atoms with Crippen LogP contribution in [0.25, 0.3) is 0 Å². The Labute approximate surface area is 109 Å². The van der Waals surface area contributed by atoms with E-state index in [9.17, 15) is 0 Å². The van der Waals surface area contributed by atoms with E-state index in [-0.39, 0.29) is 5.54 Å². The van der Waals surface area contributed by atoms with E-state index < -0.39 is 0 Å². The predicted molar refractivity (Wildman–Crippen MR) is 78.0 cm³/mol. The molecule has 0 bridgehead atoms. The molecule has 2 heteroatoms. The first-order chi connectivity index (χ1) is 7.98. The van der Waals surface area contributed by atoms with Crippen molar-refractivity contribution in [3.63, 3.8) is 0 Å². The lowest BCUT2D eigenvalue weighted by Crippen LogP contribution is -2.39. The first kappa shape index (κ1) is 16.9. The second kappa shape index (κ2) is 9.90. The average molecular weight is 242 g/mol. The van der Waals surface area contributed by atoms with E-state index in [0.29, 0.717) is 5.92 Å². The van der Waals surface area contributed by atoms with Crippen molar-refractivity contribution in [2.45, 2.75) is 84.1 Å². The van der Waals surface area contributed by atoms with Crippen molar-refractivity contribution in [3.8, 4) is 0 Å². The van der Waals surface area contributed by atoms with Gasteiger partial charge in [-0.15, -0.1) is 0 Å². The van der Waals surface area contributed by atoms with E-state index >= 15 is 0 Å². The minimum Gasteiger partial charge on any atom is -0.330 e. The van der Waals surface area contributed by atoms with Crippen LogP contribution >= 0.6 is 0 Å². The first-order valence-corrected chi connectivity index (χ1v) is 7.47. The Morgan fingerprint density at radius 3 is 1.65 bits per heavy atom. The number of hydrogen-bond acceptors (Lipinski definition) is 2. The highest BCUT2D eigenvalue weighted by Crippen LogP contribution is 2.20. The fourth-order valence-electron chi connectivity index (χ4n) is 2.03. The number of unbranched alkanes of at least 4 members (excludes halogenated alkanes) is 7. The molecule has 0 aliphatic carbocycles. The minimum atomic E-state index is -0.0117. The van der Waals surface area contributed by atoms with Crippen molar-refractivity contribution in [3.05, 3.63) is 0 Å². The fourth-order valence-corrected chi connectivity index (χ4v) is 2.03. The van der Waals surface area contributed by atoms with Gasteiger partial charge in [0.2, 0.25) is 0 Å². The maximum atomic E-state index is 6.08. The van der Waals surface area contributed by atoms with E-state index in [2.05, 4.69) is 20.8 Å². The van der Waals surface area contributed by atoms with Gasteiger partial charge in [0.05, 0.1) is 0 Å². The maximum absolute atomic E-state index is 6.08. The van der Waals surface area contributed by atoms with Crippen LogP contribution in [0.15, 0.2) is 0 Å². The summed E-state index contributed by atoms with van der Waals surface area (Å²) in [5.74, 6) is 0.632. The van der Waals surface area contributed by atoms with Gasteiger partial charge >= 0.3 is 0 Å². The fraction of sp³-hybridized carbons (Fsp3) is 1.00. The molecule has 0 fully saturated rings. The van der Waals surface area contributed by atoms with Crippen molar-refractivity contribution in [2.75, 3.05) is 6.54 Å². The molecule has 0 aromatic heterocycles. The molecule has 0 rings (SSSR count). The molecule has 0 aromatic carbocycles. The maximum Gasteiger partial charge on any atom is 0.0123 e. The van der Waals surface area contributed by atoms with Crippen molar-refractivity contribution < 1.29 is 0 Å². The summed E-state index contributed by atoms with van der Waals surface area (Å²) in [4.78, 5) is 0. The van der Waals surface area contributed by atoms with E-state index in [1.54, 1.807) is 0 Å². The van der Waals surface area contributed by atoms with Gasteiger partial charge in [0.25, 0.3) is 0 Å². The van der Waals surface area contributed by atoms with E-state index in [0.717, 1.165) is 6.54 Å². The Hall–Kier alpha value is -0.0800. The quantitative estimate of drug-likeness (QED) is 0.541. The molecule has 0 saturated carbocycles. The molecule has 1 unspecified atom stereocenters. The van der Waals surface area contributed by atoms with Crippen molar-refractivity contribution in [1.82, 2.24) is 0 Å². The van der Waals surface area contributed by atoms with Gasteiger partial charge in [0, 0.05) is 5.54 Å². The Bertz CT molecular complexity index is 161. The van der Waals surface area contributed by atoms with Crippen molar-refractivity contribution in [2.24, 2.45) is 17.4 Å². The van der Waals surface area contributed by atoms with E-state index in [4.69, 9.17) is 11.5 Å². The molecule has 17 heavy (non-hydrogen) atoms. The highest BCUT2D eigenvalue weighted by Gasteiger charge is 2.19. The lowest BCUT2D eigenvalue weighted by Gasteiger charge is -2.27. The second-order valence-corrected chi connectivity index (χ2v) is 6.13. The zero-order valence-corrected chi connectivity index (χ0v) is 12.3. The normalized spacial score (nSPS) is 13.9. The monoisotopic (exact) mass is 242 g/mol. The highest BCUT2D eigenvalue weighted by atomic mass is 14.7. The average Bonchev–Trinajstić information content (AvgIpc) is 2.25. The van der Waals surface area contributed by atoms with Crippen LogP contribution in [0.4, 0.5) is 0 Å². The molecular weight excluding hydrogens is 208 g/mol. The summed E-state index contributed by atoms with van der Waals surface area (Å²) in [6, 6.07) is 0. The summed E-state index contributed by atoms with van der Waals surface area (Å²) in [5, 5.41) is 0. The Balaban J connectivity index is 3.19. The smallest absolute Gasteiger partial charge is 0.0123 e. The minimum absolute atomic E-state index is 0.0117. The first-order valence-electron chi connectivity index (χ1n) is 7.47. The van der Waals surface area contributed by atoms with Gasteiger partial charge in [-0.05, 0) is 39.2 Å². The van der Waals surface area contributed by atoms with E-state index in [1.165, 1.54) is 57.8 Å². The number of nitrogens with two attached hydrogens (primary N) is 2. The summed E-state index contributed by atoms with van der Waals surface area (Å²) >= 11 is 0. The Morgan fingerprint density at radius 1 is 0.824 bits per heavy atom. The van der Waals surface area contributed by atoms with Crippen LogP contribution in [0.1, 0.15) is 78.6 Å². The lowest BCUT2D eigenvalue weighted by atomic mass is 9.86. The van der Waals surface area contributed by atoms with Crippen LogP contribution < -0.4 is 11.5 Å². The molecule has 0 aliphatic heterocycles. The molecule has 0 amide bonds. The zero-order chi connectivity index (χ0) is 13.1. The zero-order valence-electron chi connectivity index (χ0n) is 12.3. The molecule has 0 heterocycles. The molecule has 0 radical (unpaired) electrons. The Kier molecular flexibility index (Phi) is 9.85. The predicted octanol–water partition coefficient (Wildman–Crippen LogP) is 3.83. The van der Waals surface area contributed by atoms with Gasteiger partial charge in [-0.25, -0.2) is 0 Å². The summed E-state index contributed by atoms with van der Waals surface area (Å²) in [5.41, 5.74) is 11.5. The third kappa shape index (κ3) is 10.8. The summed E-state index contributed by atoms with van der Waals surface area (Å²) in [6.45, 7) is 7.39. The van der Waals surface area contributed by atoms with Crippen LogP contribution in [-0.4, -0.2) is 12.1 Å². The number of hydrogen-bond donors (Lipinski definition) is 2. The molecule has 0 aliphatic rings. The van der Waals surface area contributed by atoms with Crippen LogP contribution in [0.5, 0.6) is 0 Å². The van der Waals surface area contributed by atoms with Gasteiger partial charge in [-0.3, -0.25) is 0 Å². The summed E-state index contributed by atoms with van der Waals surface area (Å²) in [6.07, 6.45) is 12.0. The number of rotatable bonds is 11. The molecule has 1 atom stereocenters. The molecule has 0 aromatic rings. The van der Waals surface area contributed by atoms with Crippen LogP contribution in [0, 0.1) is 5.92 Å². The molecule has 2 nitrogen and oxygen atoms in total. The van der Waals surface area contributed by atoms with Crippen LogP contribution in [-0.2, 0) is 0 Å². The largest absolute Gasteiger partial charge is 0.330 e. The second-order valence-electron chi connectivity index (χ2n) is 6.13. The van der Waals surface area contributed by atoms with Crippen molar-refractivity contribution in [1.29, 1.82) is 0 Å². The highest BCUT2D eigenvalue weighted by molar-refractivity contribution is 4.78. The third-order valence-electron chi connectivity index (χ3n) is 3.86. The van der Waals surface area contributed by atoms with Gasteiger partial charge in [0.15, 0.2) is 0 Å². The van der Waals surface area contributed by atoms with Gasteiger partial charge in [0.1, 0.15) is 0 Å². The van der Waals surface area contributed by atoms with Crippen LogP contribution in [0.3, 0.4) is 0 Å². The van der Waals surface area contributed by atoms with Crippen LogP contribution in [0.2, 0.25) is 0 Å². The summed E-state index contributed by atoms with van der Waals surface area (Å²) in [7, 11) is 0. The molecule has 0 spiro atoms. The van der Waals surface area contributed by atoms with Crippen molar-refractivity contribution >= 4 is 0 Å². The van der Waals surface area contributed by atoms with Gasteiger partial charge in [-0.2, -0.15) is 0 Å². The molecule has 0 saturated heterocycles. The third-order valence-corrected chi connectivity index (χ3v) is 3.86. The standard InChI is InChI=1S/C15H34N2/c1-14(15(2,3)17)12-10-8-6-4-5-7-9-11-13-16/h14H,4-13,16-17H2,1-3H3. The summed E-state index contributed by atoms with van der Waals surface area (Å²) < 4.78 is 0. The topological polar surface area (TPSA) is 52.0 Å². The molecule has 4 N–H and O–H groups in total. The lowest BCUT2D eigenvalue weighted by molar-refractivity contribution is 0.316. The Morgan fingerprint density at radius 2 is 1.24 bits per heavy atom. The van der Waals surface area contributed by atoms with E-state index in [1.807, 2.05) is 0 Å². The molecule has 104 valence electrons.